The Labute approximate surface area is 188 Å². The van der Waals surface area contributed by atoms with Crippen molar-refractivity contribution in [2.24, 2.45) is 11.3 Å². The van der Waals surface area contributed by atoms with Crippen LogP contribution in [0.2, 0.25) is 0 Å². The van der Waals surface area contributed by atoms with Gasteiger partial charge in [0, 0.05) is 12.6 Å². The highest BCUT2D eigenvalue weighted by atomic mass is 16.5. The van der Waals surface area contributed by atoms with E-state index in [1.165, 1.54) is 0 Å². The number of rotatable bonds is 8. The van der Waals surface area contributed by atoms with Crippen LogP contribution in [0.3, 0.4) is 0 Å². The fraction of sp³-hybridized carbons (Fsp3) is 0.792. The van der Waals surface area contributed by atoms with Crippen molar-refractivity contribution in [1.82, 2.24) is 15.1 Å². The quantitative estimate of drug-likeness (QED) is 0.466. The highest BCUT2D eigenvalue weighted by Crippen LogP contribution is 2.25. The minimum absolute atomic E-state index is 0.0825. The summed E-state index contributed by atoms with van der Waals surface area (Å²) in [5.41, 5.74) is 0.00994. The van der Waals surface area contributed by atoms with E-state index in [1.807, 2.05) is 41.7 Å². The molecule has 0 radical (unpaired) electrons. The van der Waals surface area contributed by atoms with Gasteiger partial charge in [0.2, 0.25) is 11.8 Å². The Kier molecular flexibility index (Phi) is 10.2. The van der Waals surface area contributed by atoms with Gasteiger partial charge in [-0.05, 0) is 51.6 Å². The smallest absolute Gasteiger partial charge is 0.333 e. The van der Waals surface area contributed by atoms with Crippen LogP contribution in [-0.4, -0.2) is 73.0 Å². The SMILES string of the molecule is CCOC(=O)C(C)=C[C@@H](C(C)C)N(C)C(=O)[C@H](NC(=O)[C@@H]1CCCCN1C)C(C)(C)C. The van der Waals surface area contributed by atoms with Crippen molar-refractivity contribution in [3.8, 4) is 0 Å². The van der Waals surface area contributed by atoms with Gasteiger partial charge in [0.15, 0.2) is 0 Å². The number of ether oxygens (including phenoxy) is 1. The van der Waals surface area contributed by atoms with Crippen molar-refractivity contribution in [2.45, 2.75) is 85.9 Å². The van der Waals surface area contributed by atoms with Gasteiger partial charge in [0.1, 0.15) is 6.04 Å². The summed E-state index contributed by atoms with van der Waals surface area (Å²) in [7, 11) is 3.70. The number of hydrogen-bond donors (Lipinski definition) is 1. The van der Waals surface area contributed by atoms with Crippen LogP contribution in [-0.2, 0) is 19.1 Å². The van der Waals surface area contributed by atoms with E-state index >= 15 is 0 Å². The molecule has 0 aromatic heterocycles. The van der Waals surface area contributed by atoms with Crippen LogP contribution in [0.1, 0.15) is 67.7 Å². The molecular weight excluding hydrogens is 394 g/mol. The average Bonchev–Trinajstić information content (AvgIpc) is 2.68. The molecule has 0 aromatic carbocycles. The Bertz CT molecular complexity index is 666. The summed E-state index contributed by atoms with van der Waals surface area (Å²) in [4.78, 5) is 42.4. The van der Waals surface area contributed by atoms with Gasteiger partial charge in [-0.3, -0.25) is 14.5 Å². The van der Waals surface area contributed by atoms with Gasteiger partial charge in [-0.25, -0.2) is 4.79 Å². The molecule has 31 heavy (non-hydrogen) atoms. The molecule has 1 rings (SSSR count). The lowest BCUT2D eigenvalue weighted by Gasteiger charge is -2.39. The lowest BCUT2D eigenvalue weighted by Crippen LogP contribution is -2.59. The molecule has 0 spiro atoms. The Balaban J connectivity index is 3.10. The molecule has 3 atom stereocenters. The normalized spacial score (nSPS) is 20.2. The van der Waals surface area contributed by atoms with Crippen LogP contribution in [0.25, 0.3) is 0 Å². The largest absolute Gasteiger partial charge is 0.463 e. The molecule has 0 aromatic rings. The molecule has 0 unspecified atom stereocenters. The number of hydrogen-bond acceptors (Lipinski definition) is 5. The highest BCUT2D eigenvalue weighted by molar-refractivity contribution is 5.91. The summed E-state index contributed by atoms with van der Waals surface area (Å²) in [6.45, 7) is 14.5. The van der Waals surface area contributed by atoms with Gasteiger partial charge in [-0.2, -0.15) is 0 Å². The minimum Gasteiger partial charge on any atom is -0.463 e. The Morgan fingerprint density at radius 2 is 1.84 bits per heavy atom. The zero-order valence-corrected chi connectivity index (χ0v) is 20.9. The highest BCUT2D eigenvalue weighted by Gasteiger charge is 2.39. The number of piperidine rings is 1. The van der Waals surface area contributed by atoms with Gasteiger partial charge < -0.3 is 15.0 Å². The van der Waals surface area contributed by atoms with Crippen molar-refractivity contribution in [3.63, 3.8) is 0 Å². The number of likely N-dealkylation sites (tertiary alicyclic amines) is 1. The van der Waals surface area contributed by atoms with Gasteiger partial charge in [-0.15, -0.1) is 0 Å². The van der Waals surface area contributed by atoms with Crippen molar-refractivity contribution in [3.05, 3.63) is 11.6 Å². The molecule has 0 aliphatic carbocycles. The lowest BCUT2D eigenvalue weighted by molar-refractivity contribution is -0.141. The number of esters is 1. The zero-order chi connectivity index (χ0) is 23.9. The second kappa shape index (κ2) is 11.7. The second-order valence-corrected chi connectivity index (χ2v) is 10.1. The molecule has 0 saturated carbocycles. The van der Waals surface area contributed by atoms with Crippen molar-refractivity contribution >= 4 is 17.8 Å². The first-order valence-electron chi connectivity index (χ1n) is 11.4. The summed E-state index contributed by atoms with van der Waals surface area (Å²) >= 11 is 0. The Hall–Kier alpha value is -1.89. The fourth-order valence-corrected chi connectivity index (χ4v) is 3.96. The molecule has 0 bridgehead atoms. The lowest BCUT2D eigenvalue weighted by atomic mass is 9.84. The second-order valence-electron chi connectivity index (χ2n) is 10.1. The Morgan fingerprint density at radius 3 is 2.32 bits per heavy atom. The summed E-state index contributed by atoms with van der Waals surface area (Å²) in [5.74, 6) is -0.553. The van der Waals surface area contributed by atoms with Gasteiger partial charge >= 0.3 is 5.97 Å². The number of nitrogens with zero attached hydrogens (tertiary/aromatic N) is 2. The number of carbonyl (C=O) groups excluding carboxylic acids is 3. The van der Waals surface area contributed by atoms with Crippen molar-refractivity contribution in [2.75, 3.05) is 27.2 Å². The van der Waals surface area contributed by atoms with E-state index in [2.05, 4.69) is 10.2 Å². The molecule has 1 aliphatic rings. The third-order valence-electron chi connectivity index (χ3n) is 5.97. The van der Waals surface area contributed by atoms with Crippen LogP contribution in [0.4, 0.5) is 0 Å². The number of amides is 2. The standard InChI is InChI=1S/C24H43N3O4/c1-10-31-23(30)17(4)15-19(16(2)3)27(9)22(29)20(24(5,6)7)25-21(28)18-13-11-12-14-26(18)8/h15-16,18-20H,10-14H2,1-9H3,(H,25,28)/t18-,19-,20-/m0/s1. The van der Waals surface area contributed by atoms with Crippen molar-refractivity contribution < 1.29 is 19.1 Å². The summed E-state index contributed by atoms with van der Waals surface area (Å²) in [5, 5.41) is 3.04. The topological polar surface area (TPSA) is 79.0 Å². The molecule has 178 valence electrons. The zero-order valence-electron chi connectivity index (χ0n) is 20.9. The van der Waals surface area contributed by atoms with E-state index in [1.54, 1.807) is 31.9 Å². The van der Waals surface area contributed by atoms with Crippen LogP contribution >= 0.6 is 0 Å². The predicted octanol–water partition coefficient (Wildman–Crippen LogP) is 2.99. The van der Waals surface area contributed by atoms with E-state index in [4.69, 9.17) is 4.74 Å². The third kappa shape index (κ3) is 7.63. The summed E-state index contributed by atoms with van der Waals surface area (Å²) in [6, 6.07) is -1.17. The van der Waals surface area contributed by atoms with Crippen molar-refractivity contribution in [1.29, 1.82) is 0 Å². The monoisotopic (exact) mass is 437 g/mol. The molecule has 7 nitrogen and oxygen atoms in total. The number of likely N-dealkylation sites (N-methyl/N-ethyl adjacent to an activating group) is 2. The van der Waals surface area contributed by atoms with E-state index in [9.17, 15) is 14.4 Å². The maximum atomic E-state index is 13.6. The van der Waals surface area contributed by atoms with Crippen LogP contribution < -0.4 is 5.32 Å². The molecule has 1 fully saturated rings. The molecule has 7 heteroatoms. The van der Waals surface area contributed by atoms with Gasteiger partial charge in [0.05, 0.1) is 18.7 Å². The first kappa shape index (κ1) is 27.1. The first-order chi connectivity index (χ1) is 14.3. The predicted molar refractivity (Wildman–Crippen MR) is 123 cm³/mol. The maximum absolute atomic E-state index is 13.6. The minimum atomic E-state index is -0.669. The average molecular weight is 438 g/mol. The third-order valence-corrected chi connectivity index (χ3v) is 5.97. The summed E-state index contributed by atoms with van der Waals surface area (Å²) in [6.07, 6.45) is 4.70. The van der Waals surface area contributed by atoms with E-state index < -0.39 is 11.5 Å². The molecule has 2 amide bonds. The van der Waals surface area contributed by atoms with Crippen LogP contribution in [0.5, 0.6) is 0 Å². The number of carbonyl (C=O) groups is 3. The van der Waals surface area contributed by atoms with Gasteiger partial charge in [0.25, 0.3) is 0 Å². The van der Waals surface area contributed by atoms with Gasteiger partial charge in [-0.1, -0.05) is 47.1 Å². The van der Waals surface area contributed by atoms with E-state index in [0.29, 0.717) is 12.2 Å². The molecular formula is C24H43N3O4. The molecule has 1 heterocycles. The fourth-order valence-electron chi connectivity index (χ4n) is 3.96. The molecule has 1 N–H and O–H groups in total. The number of nitrogens with one attached hydrogen (secondary N) is 1. The van der Waals surface area contributed by atoms with Crippen LogP contribution in [0.15, 0.2) is 11.6 Å². The van der Waals surface area contributed by atoms with E-state index in [0.717, 1.165) is 25.8 Å². The molecule has 1 saturated heterocycles. The Morgan fingerprint density at radius 1 is 1.23 bits per heavy atom. The summed E-state index contributed by atoms with van der Waals surface area (Å²) < 4.78 is 5.08. The molecule has 1 aliphatic heterocycles. The first-order valence-corrected chi connectivity index (χ1v) is 11.4. The van der Waals surface area contributed by atoms with E-state index in [-0.39, 0.29) is 35.8 Å². The maximum Gasteiger partial charge on any atom is 0.333 e. The van der Waals surface area contributed by atoms with Crippen LogP contribution in [0, 0.1) is 11.3 Å².